The first-order valence-corrected chi connectivity index (χ1v) is 6.47. The van der Waals surface area contributed by atoms with Gasteiger partial charge in [0.2, 0.25) is 0 Å². The predicted octanol–water partition coefficient (Wildman–Crippen LogP) is 1.02. The summed E-state index contributed by atoms with van der Waals surface area (Å²) in [5.74, 6) is 0. The van der Waals surface area contributed by atoms with E-state index in [1.807, 2.05) is 0 Å². The maximum absolute atomic E-state index is 10.8. The van der Waals surface area contributed by atoms with Gasteiger partial charge in [-0.1, -0.05) is 6.92 Å². The van der Waals surface area contributed by atoms with Crippen LogP contribution >= 0.6 is 0 Å². The Labute approximate surface area is 98.0 Å². The zero-order valence-corrected chi connectivity index (χ0v) is 10.7. The number of hydrogen-bond donors (Lipinski definition) is 3. The van der Waals surface area contributed by atoms with Gasteiger partial charge in [0.15, 0.2) is 0 Å². The molecular weight excluding hydrogens is 200 g/mol. The SMILES string of the molecule is CNC12CC3(C)CC(O)(C1)CC(NC)(C3)C2. The van der Waals surface area contributed by atoms with Crippen LogP contribution in [-0.4, -0.2) is 35.9 Å². The highest BCUT2D eigenvalue weighted by Gasteiger charge is 2.65. The minimum atomic E-state index is -0.435. The molecule has 0 heterocycles. The van der Waals surface area contributed by atoms with Gasteiger partial charge < -0.3 is 15.7 Å². The fourth-order valence-electron chi connectivity index (χ4n) is 5.62. The topological polar surface area (TPSA) is 44.3 Å². The Hall–Kier alpha value is -0.120. The highest BCUT2D eigenvalue weighted by atomic mass is 16.3. The molecule has 0 saturated heterocycles. The lowest BCUT2D eigenvalue weighted by Gasteiger charge is -2.68. The standard InChI is InChI=1S/C13H24N2O/c1-10-4-11(14-2)7-12(5-10,15-3)9-13(16,6-10)8-11/h14-16H,4-9H2,1-3H3. The van der Waals surface area contributed by atoms with E-state index in [2.05, 4.69) is 31.7 Å². The van der Waals surface area contributed by atoms with E-state index in [0.717, 1.165) is 19.3 Å². The molecule has 4 bridgehead atoms. The van der Waals surface area contributed by atoms with Crippen LogP contribution in [0.4, 0.5) is 0 Å². The van der Waals surface area contributed by atoms with Crippen LogP contribution in [0.1, 0.15) is 45.4 Å². The summed E-state index contributed by atoms with van der Waals surface area (Å²) < 4.78 is 0. The van der Waals surface area contributed by atoms with Crippen LogP contribution < -0.4 is 10.6 Å². The van der Waals surface area contributed by atoms with E-state index in [-0.39, 0.29) is 11.1 Å². The van der Waals surface area contributed by atoms with Gasteiger partial charge in [0.05, 0.1) is 5.60 Å². The first-order chi connectivity index (χ1) is 7.36. The van der Waals surface area contributed by atoms with E-state index in [1.54, 1.807) is 0 Å². The molecule has 16 heavy (non-hydrogen) atoms. The fraction of sp³-hybridized carbons (Fsp3) is 1.00. The number of aliphatic hydroxyl groups is 1. The summed E-state index contributed by atoms with van der Waals surface area (Å²) >= 11 is 0. The van der Waals surface area contributed by atoms with Crippen LogP contribution in [0.2, 0.25) is 0 Å². The molecule has 3 heteroatoms. The lowest BCUT2D eigenvalue weighted by atomic mass is 9.43. The largest absolute Gasteiger partial charge is 0.390 e. The van der Waals surface area contributed by atoms with Crippen LogP contribution in [0, 0.1) is 5.41 Å². The molecule has 0 spiro atoms. The molecule has 0 aromatic heterocycles. The van der Waals surface area contributed by atoms with Gasteiger partial charge in [-0.2, -0.15) is 0 Å². The maximum atomic E-state index is 10.8. The van der Waals surface area contributed by atoms with Gasteiger partial charge in [0.1, 0.15) is 0 Å². The van der Waals surface area contributed by atoms with Gasteiger partial charge in [0, 0.05) is 11.1 Å². The Morgan fingerprint density at radius 1 is 0.812 bits per heavy atom. The molecule has 0 radical (unpaired) electrons. The van der Waals surface area contributed by atoms with E-state index >= 15 is 0 Å². The molecule has 3 N–H and O–H groups in total. The third kappa shape index (κ3) is 1.31. The minimum absolute atomic E-state index is 0.168. The van der Waals surface area contributed by atoms with Crippen molar-refractivity contribution in [1.82, 2.24) is 10.6 Å². The zero-order chi connectivity index (χ0) is 11.7. The van der Waals surface area contributed by atoms with E-state index in [0.29, 0.717) is 5.41 Å². The van der Waals surface area contributed by atoms with Crippen molar-refractivity contribution in [3.63, 3.8) is 0 Å². The van der Waals surface area contributed by atoms with E-state index in [1.165, 1.54) is 19.3 Å². The fourth-order valence-corrected chi connectivity index (χ4v) is 5.62. The predicted molar refractivity (Wildman–Crippen MR) is 64.3 cm³/mol. The number of hydrogen-bond acceptors (Lipinski definition) is 3. The zero-order valence-electron chi connectivity index (χ0n) is 10.7. The lowest BCUT2D eigenvalue weighted by molar-refractivity contribution is -0.187. The summed E-state index contributed by atoms with van der Waals surface area (Å²) in [5, 5.41) is 17.8. The monoisotopic (exact) mass is 224 g/mol. The molecule has 4 fully saturated rings. The molecule has 0 aromatic carbocycles. The summed E-state index contributed by atoms with van der Waals surface area (Å²) in [6.45, 7) is 2.35. The average molecular weight is 224 g/mol. The van der Waals surface area contributed by atoms with Gasteiger partial charge in [-0.05, 0) is 58.0 Å². The van der Waals surface area contributed by atoms with Gasteiger partial charge in [-0.3, -0.25) is 0 Å². The maximum Gasteiger partial charge on any atom is 0.0688 e. The number of rotatable bonds is 2. The summed E-state index contributed by atoms with van der Waals surface area (Å²) in [5.41, 5.74) is 0.216. The molecule has 0 aromatic rings. The van der Waals surface area contributed by atoms with Crippen LogP contribution in [0.5, 0.6) is 0 Å². The molecule has 0 aliphatic heterocycles. The van der Waals surface area contributed by atoms with Gasteiger partial charge >= 0.3 is 0 Å². The Bertz CT molecular complexity index is 284. The highest BCUT2D eigenvalue weighted by molar-refractivity contribution is 5.23. The van der Waals surface area contributed by atoms with Gasteiger partial charge in [0.25, 0.3) is 0 Å². The molecule has 2 atom stereocenters. The summed E-state index contributed by atoms with van der Waals surface area (Å²) in [6.07, 6.45) is 6.49. The van der Waals surface area contributed by atoms with Crippen LogP contribution in [-0.2, 0) is 0 Å². The van der Waals surface area contributed by atoms with Crippen LogP contribution in [0.3, 0.4) is 0 Å². The second-order valence-electron chi connectivity index (χ2n) is 7.16. The van der Waals surface area contributed by atoms with Crippen molar-refractivity contribution in [3.05, 3.63) is 0 Å². The van der Waals surface area contributed by atoms with E-state index in [9.17, 15) is 5.11 Å². The normalized spacial score (nSPS) is 59.2. The number of nitrogens with one attached hydrogen (secondary N) is 2. The second kappa shape index (κ2) is 2.82. The molecule has 4 rings (SSSR count). The van der Waals surface area contributed by atoms with Crippen molar-refractivity contribution in [1.29, 1.82) is 0 Å². The summed E-state index contributed by atoms with van der Waals surface area (Å²) in [6, 6.07) is 0. The minimum Gasteiger partial charge on any atom is -0.390 e. The lowest BCUT2D eigenvalue weighted by Crippen LogP contribution is -2.74. The summed E-state index contributed by atoms with van der Waals surface area (Å²) in [7, 11) is 4.12. The summed E-state index contributed by atoms with van der Waals surface area (Å²) in [4.78, 5) is 0. The van der Waals surface area contributed by atoms with Crippen LogP contribution in [0.25, 0.3) is 0 Å². The Morgan fingerprint density at radius 3 is 1.69 bits per heavy atom. The molecule has 4 aliphatic rings. The first-order valence-electron chi connectivity index (χ1n) is 6.47. The molecule has 92 valence electrons. The Balaban J connectivity index is 2.06. The van der Waals surface area contributed by atoms with Gasteiger partial charge in [-0.15, -0.1) is 0 Å². The highest BCUT2D eigenvalue weighted by Crippen LogP contribution is 2.64. The first kappa shape index (κ1) is 11.0. The quantitative estimate of drug-likeness (QED) is 0.656. The van der Waals surface area contributed by atoms with Crippen molar-refractivity contribution in [2.24, 2.45) is 5.41 Å². The van der Waals surface area contributed by atoms with Crippen molar-refractivity contribution < 1.29 is 5.11 Å². The Morgan fingerprint density at radius 2 is 1.31 bits per heavy atom. The Kier molecular flexibility index (Phi) is 1.94. The smallest absolute Gasteiger partial charge is 0.0688 e. The molecule has 4 saturated carbocycles. The van der Waals surface area contributed by atoms with E-state index < -0.39 is 5.60 Å². The molecule has 2 unspecified atom stereocenters. The third-order valence-electron chi connectivity index (χ3n) is 5.36. The van der Waals surface area contributed by atoms with Gasteiger partial charge in [-0.25, -0.2) is 0 Å². The van der Waals surface area contributed by atoms with E-state index in [4.69, 9.17) is 0 Å². The van der Waals surface area contributed by atoms with Crippen molar-refractivity contribution in [2.75, 3.05) is 14.1 Å². The molecule has 3 nitrogen and oxygen atoms in total. The van der Waals surface area contributed by atoms with Crippen molar-refractivity contribution in [3.8, 4) is 0 Å². The van der Waals surface area contributed by atoms with Crippen molar-refractivity contribution in [2.45, 2.75) is 62.1 Å². The average Bonchev–Trinajstić information content (AvgIpc) is 2.12. The molecule has 4 aliphatic carbocycles. The second-order valence-corrected chi connectivity index (χ2v) is 7.16. The third-order valence-corrected chi connectivity index (χ3v) is 5.36. The molecule has 0 amide bonds. The molecular formula is C13H24N2O. The van der Waals surface area contributed by atoms with Crippen molar-refractivity contribution >= 4 is 0 Å². The van der Waals surface area contributed by atoms with Crippen LogP contribution in [0.15, 0.2) is 0 Å².